The number of nitriles is 1. The Morgan fingerprint density at radius 1 is 1.38 bits per heavy atom. The van der Waals surface area contributed by atoms with Gasteiger partial charge in [0.25, 0.3) is 5.56 Å². The number of methoxy groups -OCH3 is 1. The van der Waals surface area contributed by atoms with Gasteiger partial charge in [-0.15, -0.1) is 11.3 Å². The summed E-state index contributed by atoms with van der Waals surface area (Å²) in [5.41, 5.74) is -0.833. The normalized spacial score (nSPS) is 11.0. The van der Waals surface area contributed by atoms with Crippen LogP contribution >= 0.6 is 34.5 Å². The number of ketones is 1. The Morgan fingerprint density at radius 3 is 2.76 bits per heavy atom. The highest BCUT2D eigenvalue weighted by molar-refractivity contribution is 7.21. The number of nitrogens with zero attached hydrogens (tertiary/aromatic N) is 2. The van der Waals surface area contributed by atoms with Crippen LogP contribution in [0.25, 0.3) is 10.1 Å². The highest BCUT2D eigenvalue weighted by atomic mass is 35.5. The van der Waals surface area contributed by atoms with Gasteiger partial charge in [-0.1, -0.05) is 29.3 Å². The van der Waals surface area contributed by atoms with Gasteiger partial charge in [0.15, 0.2) is 0 Å². The Kier molecular flexibility index (Phi) is 6.30. The lowest BCUT2D eigenvalue weighted by atomic mass is 10.0. The summed E-state index contributed by atoms with van der Waals surface area (Å²) in [5.74, 6) is -1.04. The van der Waals surface area contributed by atoms with E-state index in [0.29, 0.717) is 23.4 Å². The highest BCUT2D eigenvalue weighted by Gasteiger charge is 2.28. The molecule has 2 aromatic heterocycles. The zero-order chi connectivity index (χ0) is 21.3. The SMILES string of the molecule is COCCCn1c(O)c(C(=O)c2sc3cc(Cl)ccc3c2Cl)c(C)c(C#N)c1=O. The molecule has 0 aliphatic rings. The number of ether oxygens (including phenoxy) is 1. The van der Waals surface area contributed by atoms with Crippen molar-refractivity contribution in [3.05, 3.63) is 60.2 Å². The average Bonchev–Trinajstić information content (AvgIpc) is 3.00. The van der Waals surface area contributed by atoms with Gasteiger partial charge in [0.1, 0.15) is 11.6 Å². The molecule has 3 rings (SSSR count). The molecule has 6 nitrogen and oxygen atoms in total. The fourth-order valence-corrected chi connectivity index (χ4v) is 4.84. The summed E-state index contributed by atoms with van der Waals surface area (Å²) in [6.07, 6.45) is 0.424. The van der Waals surface area contributed by atoms with Crippen LogP contribution in [0.1, 0.15) is 32.8 Å². The number of hydrogen-bond acceptors (Lipinski definition) is 6. The quantitative estimate of drug-likeness (QED) is 0.439. The summed E-state index contributed by atoms with van der Waals surface area (Å²) in [4.78, 5) is 26.1. The van der Waals surface area contributed by atoms with E-state index in [0.717, 1.165) is 20.6 Å². The van der Waals surface area contributed by atoms with E-state index in [9.17, 15) is 20.0 Å². The monoisotopic (exact) mass is 450 g/mol. The Labute approximate surface area is 180 Å². The molecule has 0 spiro atoms. The molecule has 0 fully saturated rings. The van der Waals surface area contributed by atoms with Crippen LogP contribution in [0, 0.1) is 18.3 Å². The zero-order valence-corrected chi connectivity index (χ0v) is 17.9. The molecule has 29 heavy (non-hydrogen) atoms. The van der Waals surface area contributed by atoms with Crippen molar-refractivity contribution in [1.82, 2.24) is 4.57 Å². The maximum atomic E-state index is 13.3. The first kappa shape index (κ1) is 21.3. The van der Waals surface area contributed by atoms with Gasteiger partial charge >= 0.3 is 0 Å². The number of carbonyl (C=O) groups excluding carboxylic acids is 1. The van der Waals surface area contributed by atoms with Crippen molar-refractivity contribution in [1.29, 1.82) is 5.26 Å². The second kappa shape index (κ2) is 8.56. The summed E-state index contributed by atoms with van der Waals surface area (Å²) >= 11 is 13.6. The summed E-state index contributed by atoms with van der Waals surface area (Å²) < 4.78 is 6.72. The zero-order valence-electron chi connectivity index (χ0n) is 15.6. The molecule has 1 aromatic carbocycles. The molecule has 0 bridgehead atoms. The molecule has 3 aromatic rings. The molecule has 1 N–H and O–H groups in total. The number of fused-ring (bicyclic) bond motifs is 1. The van der Waals surface area contributed by atoms with Crippen molar-refractivity contribution in [3.8, 4) is 11.9 Å². The molecule has 0 radical (unpaired) electrons. The number of benzene rings is 1. The summed E-state index contributed by atoms with van der Waals surface area (Å²) in [6.45, 7) is 1.92. The van der Waals surface area contributed by atoms with Crippen LogP contribution in [0.4, 0.5) is 0 Å². The van der Waals surface area contributed by atoms with Crippen molar-refractivity contribution in [2.24, 2.45) is 0 Å². The minimum atomic E-state index is -0.649. The van der Waals surface area contributed by atoms with Gasteiger partial charge < -0.3 is 9.84 Å². The Balaban J connectivity index is 2.21. The predicted molar refractivity (Wildman–Crippen MR) is 114 cm³/mol. The minimum Gasteiger partial charge on any atom is -0.494 e. The summed E-state index contributed by atoms with van der Waals surface area (Å²) in [7, 11) is 1.52. The van der Waals surface area contributed by atoms with E-state index in [1.165, 1.54) is 14.0 Å². The third-order valence-corrected chi connectivity index (χ3v) is 6.45. The maximum absolute atomic E-state index is 13.3. The molecular weight excluding hydrogens is 435 g/mol. The van der Waals surface area contributed by atoms with E-state index >= 15 is 0 Å². The molecular formula is C20H16Cl2N2O4S. The first-order valence-electron chi connectivity index (χ1n) is 8.59. The number of aromatic nitrogens is 1. The van der Waals surface area contributed by atoms with Crippen molar-refractivity contribution in [2.75, 3.05) is 13.7 Å². The molecule has 0 saturated heterocycles. The fourth-order valence-electron chi connectivity index (χ4n) is 3.10. The molecule has 0 saturated carbocycles. The molecule has 150 valence electrons. The highest BCUT2D eigenvalue weighted by Crippen LogP contribution is 2.39. The van der Waals surface area contributed by atoms with Crippen LogP contribution in [0.15, 0.2) is 23.0 Å². The molecule has 0 amide bonds. The Hall–Kier alpha value is -2.37. The van der Waals surface area contributed by atoms with Gasteiger partial charge in [-0.3, -0.25) is 14.2 Å². The van der Waals surface area contributed by atoms with E-state index in [1.54, 1.807) is 18.2 Å². The number of thiophene rings is 1. The van der Waals surface area contributed by atoms with Gasteiger partial charge in [0.05, 0.1) is 15.5 Å². The number of hydrogen-bond donors (Lipinski definition) is 1. The van der Waals surface area contributed by atoms with Gasteiger partial charge in [0, 0.05) is 35.4 Å². The van der Waals surface area contributed by atoms with Gasteiger partial charge in [-0.25, -0.2) is 0 Å². The molecule has 0 atom stereocenters. The smallest absolute Gasteiger partial charge is 0.271 e. The lowest BCUT2D eigenvalue weighted by Crippen LogP contribution is -2.27. The van der Waals surface area contributed by atoms with E-state index < -0.39 is 17.2 Å². The number of pyridine rings is 1. The first-order valence-corrected chi connectivity index (χ1v) is 10.2. The lowest BCUT2D eigenvalue weighted by Gasteiger charge is -2.15. The number of rotatable bonds is 6. The second-order valence-corrected chi connectivity index (χ2v) is 8.19. The average molecular weight is 451 g/mol. The van der Waals surface area contributed by atoms with Crippen LogP contribution in [-0.2, 0) is 11.3 Å². The number of carbonyl (C=O) groups is 1. The Morgan fingerprint density at radius 2 is 2.10 bits per heavy atom. The molecule has 9 heteroatoms. The van der Waals surface area contributed by atoms with Crippen LogP contribution in [-0.4, -0.2) is 29.2 Å². The fraction of sp³-hybridized carbons (Fsp3) is 0.250. The first-order chi connectivity index (χ1) is 13.8. The number of halogens is 2. The van der Waals surface area contributed by atoms with Crippen LogP contribution in [0.3, 0.4) is 0 Å². The third kappa shape index (κ3) is 3.77. The van der Waals surface area contributed by atoms with Gasteiger partial charge in [0.2, 0.25) is 11.7 Å². The molecule has 0 aliphatic heterocycles. The Bertz CT molecular complexity index is 1220. The van der Waals surface area contributed by atoms with Gasteiger partial charge in [-0.2, -0.15) is 5.26 Å². The maximum Gasteiger partial charge on any atom is 0.271 e. The second-order valence-electron chi connectivity index (χ2n) is 6.33. The summed E-state index contributed by atoms with van der Waals surface area (Å²) in [5, 5.41) is 21.6. The molecule has 0 aliphatic carbocycles. The van der Waals surface area contributed by atoms with Crippen LogP contribution in [0.5, 0.6) is 5.88 Å². The van der Waals surface area contributed by atoms with Crippen molar-refractivity contribution < 1.29 is 14.6 Å². The predicted octanol–water partition coefficient (Wildman–Crippen LogP) is 4.52. The largest absolute Gasteiger partial charge is 0.494 e. The van der Waals surface area contributed by atoms with Crippen molar-refractivity contribution >= 4 is 50.4 Å². The third-order valence-electron chi connectivity index (χ3n) is 4.56. The standard InChI is InChI=1S/C20H16Cl2N2O4S/c1-10-13(9-23)19(26)24(6-3-7-28-2)20(27)15(10)17(25)18-16(22)12-5-4-11(21)8-14(12)29-18/h4-5,8,27H,3,6-7H2,1-2H3. The van der Waals surface area contributed by atoms with Crippen molar-refractivity contribution in [2.45, 2.75) is 19.9 Å². The van der Waals surface area contributed by atoms with Gasteiger partial charge in [-0.05, 0) is 31.0 Å². The number of aromatic hydroxyl groups is 1. The van der Waals surface area contributed by atoms with E-state index in [2.05, 4.69) is 0 Å². The van der Waals surface area contributed by atoms with Crippen LogP contribution < -0.4 is 5.56 Å². The molecule has 2 heterocycles. The van der Waals surface area contributed by atoms with Crippen molar-refractivity contribution in [3.63, 3.8) is 0 Å². The summed E-state index contributed by atoms with van der Waals surface area (Å²) in [6, 6.07) is 6.92. The lowest BCUT2D eigenvalue weighted by molar-refractivity contribution is 0.103. The van der Waals surface area contributed by atoms with Crippen LogP contribution in [0.2, 0.25) is 10.0 Å². The van der Waals surface area contributed by atoms with E-state index in [4.69, 9.17) is 27.9 Å². The van der Waals surface area contributed by atoms with E-state index in [-0.39, 0.29) is 33.1 Å². The minimum absolute atomic E-state index is 0.101. The van der Waals surface area contributed by atoms with E-state index in [1.807, 2.05) is 6.07 Å². The molecule has 0 unspecified atom stereocenters. The topological polar surface area (TPSA) is 92.3 Å².